The van der Waals surface area contributed by atoms with E-state index >= 15 is 0 Å². The highest BCUT2D eigenvalue weighted by Crippen LogP contribution is 2.13. The molecule has 0 saturated heterocycles. The van der Waals surface area contributed by atoms with Gasteiger partial charge in [-0.15, -0.1) is 6.42 Å². The summed E-state index contributed by atoms with van der Waals surface area (Å²) >= 11 is 0. The quantitative estimate of drug-likeness (QED) is 0.604. The van der Waals surface area contributed by atoms with Crippen molar-refractivity contribution >= 4 is 0 Å². The first kappa shape index (κ1) is 10.3. The van der Waals surface area contributed by atoms with Crippen LogP contribution in [0.25, 0.3) is 11.4 Å². The van der Waals surface area contributed by atoms with E-state index in [9.17, 15) is 0 Å². The van der Waals surface area contributed by atoms with Crippen molar-refractivity contribution in [2.45, 2.75) is 6.54 Å². The summed E-state index contributed by atoms with van der Waals surface area (Å²) in [6, 6.07) is 3.65. The van der Waals surface area contributed by atoms with Crippen LogP contribution in [0.1, 0.15) is 5.89 Å². The summed E-state index contributed by atoms with van der Waals surface area (Å²) in [5, 5.41) is 6.83. The maximum atomic E-state index is 5.10. The summed E-state index contributed by atoms with van der Waals surface area (Å²) in [4.78, 5) is 8.13. The van der Waals surface area contributed by atoms with Crippen molar-refractivity contribution in [3.8, 4) is 23.7 Å². The average Bonchev–Trinajstić information content (AvgIpc) is 2.79. The van der Waals surface area contributed by atoms with Gasteiger partial charge < -0.3 is 4.52 Å². The second kappa shape index (κ2) is 5.05. The first-order valence-corrected chi connectivity index (χ1v) is 4.77. The Labute approximate surface area is 92.9 Å². The van der Waals surface area contributed by atoms with Gasteiger partial charge in [0.1, 0.15) is 0 Å². The van der Waals surface area contributed by atoms with Gasteiger partial charge in [-0.25, -0.2) is 0 Å². The Bertz CT molecular complexity index is 486. The van der Waals surface area contributed by atoms with Crippen molar-refractivity contribution in [1.82, 2.24) is 20.4 Å². The zero-order chi connectivity index (χ0) is 11.2. The number of terminal acetylenes is 1. The Hall–Kier alpha value is -2.19. The fourth-order valence-electron chi connectivity index (χ4n) is 1.19. The molecule has 0 amide bonds. The van der Waals surface area contributed by atoms with E-state index in [1.807, 2.05) is 12.1 Å². The second-order valence-electron chi connectivity index (χ2n) is 3.06. The van der Waals surface area contributed by atoms with Gasteiger partial charge in [0.25, 0.3) is 0 Å². The van der Waals surface area contributed by atoms with E-state index in [1.165, 1.54) is 0 Å². The van der Waals surface area contributed by atoms with Crippen molar-refractivity contribution < 1.29 is 4.52 Å². The summed E-state index contributed by atoms with van der Waals surface area (Å²) < 4.78 is 5.05. The number of rotatable bonds is 4. The Morgan fingerprint density at radius 1 is 1.38 bits per heavy atom. The minimum absolute atomic E-state index is 0.474. The minimum Gasteiger partial charge on any atom is -0.338 e. The molecule has 0 spiro atoms. The predicted octanol–water partition coefficient (Wildman–Crippen LogP) is 0.854. The van der Waals surface area contributed by atoms with Crippen LogP contribution in [0.5, 0.6) is 0 Å². The van der Waals surface area contributed by atoms with E-state index in [2.05, 4.69) is 26.4 Å². The number of aromatic nitrogens is 3. The third kappa shape index (κ3) is 2.43. The predicted molar refractivity (Wildman–Crippen MR) is 58.1 cm³/mol. The highest BCUT2D eigenvalue weighted by Gasteiger charge is 2.07. The lowest BCUT2D eigenvalue weighted by Crippen LogP contribution is -2.13. The molecule has 1 N–H and O–H groups in total. The van der Waals surface area contributed by atoms with Gasteiger partial charge in [-0.2, -0.15) is 4.98 Å². The molecule has 2 aromatic heterocycles. The molecular formula is C11H10N4O. The molecule has 0 aromatic carbocycles. The number of pyridine rings is 1. The lowest BCUT2D eigenvalue weighted by atomic mass is 10.2. The van der Waals surface area contributed by atoms with Crippen LogP contribution in [0.4, 0.5) is 0 Å². The molecule has 0 fully saturated rings. The minimum atomic E-state index is 0.474. The van der Waals surface area contributed by atoms with Gasteiger partial charge in [0.2, 0.25) is 11.7 Å². The van der Waals surface area contributed by atoms with Gasteiger partial charge in [-0.1, -0.05) is 11.1 Å². The maximum absolute atomic E-state index is 5.10. The van der Waals surface area contributed by atoms with Crippen LogP contribution < -0.4 is 5.32 Å². The molecule has 5 nitrogen and oxygen atoms in total. The van der Waals surface area contributed by atoms with Gasteiger partial charge in [0.05, 0.1) is 13.1 Å². The SMILES string of the molecule is C#CCNCc1nc(-c2ccncc2)no1. The molecule has 2 heterocycles. The third-order valence-electron chi connectivity index (χ3n) is 1.91. The summed E-state index contributed by atoms with van der Waals surface area (Å²) in [7, 11) is 0. The lowest BCUT2D eigenvalue weighted by Gasteiger charge is -1.92. The molecule has 2 rings (SSSR count). The van der Waals surface area contributed by atoms with Gasteiger partial charge in [-0.05, 0) is 12.1 Å². The maximum Gasteiger partial charge on any atom is 0.240 e. The zero-order valence-electron chi connectivity index (χ0n) is 8.55. The van der Waals surface area contributed by atoms with E-state index < -0.39 is 0 Å². The summed E-state index contributed by atoms with van der Waals surface area (Å²) in [5.74, 6) is 3.54. The van der Waals surface area contributed by atoms with Crippen molar-refractivity contribution in [2.24, 2.45) is 0 Å². The monoisotopic (exact) mass is 214 g/mol. The number of nitrogens with one attached hydrogen (secondary N) is 1. The fraction of sp³-hybridized carbons (Fsp3) is 0.182. The van der Waals surface area contributed by atoms with E-state index in [0.29, 0.717) is 24.8 Å². The summed E-state index contributed by atoms with van der Waals surface area (Å²) in [5.41, 5.74) is 0.877. The first-order valence-electron chi connectivity index (χ1n) is 4.77. The van der Waals surface area contributed by atoms with E-state index in [1.54, 1.807) is 12.4 Å². The molecule has 16 heavy (non-hydrogen) atoms. The third-order valence-corrected chi connectivity index (χ3v) is 1.91. The molecule has 0 aliphatic carbocycles. The van der Waals surface area contributed by atoms with Crippen molar-refractivity contribution in [3.63, 3.8) is 0 Å². The highest BCUT2D eigenvalue weighted by molar-refractivity contribution is 5.52. The molecule has 0 saturated carbocycles. The average molecular weight is 214 g/mol. The number of hydrogen-bond donors (Lipinski definition) is 1. The van der Waals surface area contributed by atoms with Crippen molar-refractivity contribution in [1.29, 1.82) is 0 Å². The Balaban J connectivity index is 2.06. The van der Waals surface area contributed by atoms with Crippen molar-refractivity contribution in [3.05, 3.63) is 30.4 Å². The smallest absolute Gasteiger partial charge is 0.240 e. The largest absolute Gasteiger partial charge is 0.338 e. The standard InChI is InChI=1S/C11H10N4O/c1-2-5-13-8-10-14-11(15-16-10)9-3-6-12-7-4-9/h1,3-4,6-7,13H,5,8H2. The Kier molecular flexibility index (Phi) is 3.26. The van der Waals surface area contributed by atoms with E-state index in [4.69, 9.17) is 10.9 Å². The Morgan fingerprint density at radius 3 is 2.94 bits per heavy atom. The molecule has 0 aliphatic rings. The van der Waals surface area contributed by atoms with Crippen LogP contribution >= 0.6 is 0 Å². The molecule has 0 unspecified atom stereocenters. The van der Waals surface area contributed by atoms with Crippen LogP contribution in [0.3, 0.4) is 0 Å². The summed E-state index contributed by atoms with van der Waals surface area (Å²) in [6.45, 7) is 0.954. The van der Waals surface area contributed by atoms with Gasteiger partial charge >= 0.3 is 0 Å². The topological polar surface area (TPSA) is 63.8 Å². The lowest BCUT2D eigenvalue weighted by molar-refractivity contribution is 0.370. The second-order valence-corrected chi connectivity index (χ2v) is 3.06. The van der Waals surface area contributed by atoms with Crippen LogP contribution in [-0.4, -0.2) is 21.7 Å². The zero-order valence-corrected chi connectivity index (χ0v) is 8.55. The highest BCUT2D eigenvalue weighted by atomic mass is 16.5. The molecule has 80 valence electrons. The molecule has 0 bridgehead atoms. The number of hydrogen-bond acceptors (Lipinski definition) is 5. The molecule has 2 aromatic rings. The molecule has 0 aliphatic heterocycles. The van der Waals surface area contributed by atoms with Crippen LogP contribution in [0, 0.1) is 12.3 Å². The van der Waals surface area contributed by atoms with Gasteiger partial charge in [0, 0.05) is 18.0 Å². The first-order chi connectivity index (χ1) is 7.90. The molecule has 0 radical (unpaired) electrons. The van der Waals surface area contributed by atoms with Crippen LogP contribution in [-0.2, 0) is 6.54 Å². The Morgan fingerprint density at radius 2 is 2.19 bits per heavy atom. The van der Waals surface area contributed by atoms with Gasteiger partial charge in [0.15, 0.2) is 0 Å². The van der Waals surface area contributed by atoms with Crippen molar-refractivity contribution in [2.75, 3.05) is 6.54 Å². The molecular weight excluding hydrogens is 204 g/mol. The molecule has 5 heteroatoms. The fourth-order valence-corrected chi connectivity index (χ4v) is 1.19. The van der Waals surface area contributed by atoms with Gasteiger partial charge in [-0.3, -0.25) is 10.3 Å². The van der Waals surface area contributed by atoms with Crippen LogP contribution in [0.15, 0.2) is 29.0 Å². The van der Waals surface area contributed by atoms with Crippen LogP contribution in [0.2, 0.25) is 0 Å². The molecule has 0 atom stereocenters. The summed E-state index contributed by atoms with van der Waals surface area (Å²) in [6.07, 6.45) is 8.47. The number of nitrogens with zero attached hydrogens (tertiary/aromatic N) is 3. The van der Waals surface area contributed by atoms with E-state index in [-0.39, 0.29) is 0 Å². The van der Waals surface area contributed by atoms with E-state index in [0.717, 1.165) is 5.56 Å². The normalized spacial score (nSPS) is 9.94.